The minimum atomic E-state index is -0.570. The fourth-order valence-corrected chi connectivity index (χ4v) is 1.14. The van der Waals surface area contributed by atoms with Crippen LogP contribution in [0.1, 0.15) is 25.6 Å². The van der Waals surface area contributed by atoms with Crippen LogP contribution in [0, 0.1) is 11.3 Å². The molecule has 6 heteroatoms. The molecule has 0 saturated carbocycles. The van der Waals surface area contributed by atoms with Crippen molar-refractivity contribution in [3.05, 3.63) is 12.0 Å². The molecule has 15 heavy (non-hydrogen) atoms. The largest absolute Gasteiger partial charge is 0.464 e. The van der Waals surface area contributed by atoms with Crippen LogP contribution in [0.3, 0.4) is 0 Å². The lowest BCUT2D eigenvalue weighted by atomic mass is 10.3. The first kappa shape index (κ1) is 11.0. The average Bonchev–Trinajstić information content (AvgIpc) is 2.59. The molecule has 0 fully saturated rings. The van der Waals surface area contributed by atoms with Gasteiger partial charge in [-0.1, -0.05) is 0 Å². The number of carbonyl (C=O) groups is 1. The molecule has 6 nitrogen and oxygen atoms in total. The predicted octanol–water partition coefficient (Wildman–Crippen LogP) is 0.461. The maximum absolute atomic E-state index is 11.4. The molecule has 80 valence electrons. The topological polar surface area (TPSA) is 93.9 Å². The van der Waals surface area contributed by atoms with Gasteiger partial charge in [0.05, 0.1) is 12.9 Å². The SMILES string of the molecule is CCOC(=O)C(C)n1cnc(C#N)c1N. The highest BCUT2D eigenvalue weighted by Gasteiger charge is 2.19. The normalized spacial score (nSPS) is 11.8. The summed E-state index contributed by atoms with van der Waals surface area (Å²) in [5, 5.41) is 8.63. The molecule has 1 aromatic rings. The number of nitrogens with zero attached hydrogens (tertiary/aromatic N) is 3. The molecule has 0 bridgehead atoms. The Balaban J connectivity index is 2.92. The number of rotatable bonds is 3. The molecule has 1 atom stereocenters. The van der Waals surface area contributed by atoms with E-state index in [0.29, 0.717) is 6.61 Å². The van der Waals surface area contributed by atoms with E-state index in [1.807, 2.05) is 6.07 Å². The molecule has 0 aliphatic carbocycles. The molecule has 1 unspecified atom stereocenters. The van der Waals surface area contributed by atoms with Gasteiger partial charge in [-0.3, -0.25) is 0 Å². The Morgan fingerprint density at radius 3 is 3.00 bits per heavy atom. The molecule has 0 saturated heterocycles. The summed E-state index contributed by atoms with van der Waals surface area (Å²) in [4.78, 5) is 15.2. The van der Waals surface area contributed by atoms with Crippen LogP contribution in [0.2, 0.25) is 0 Å². The third-order valence-corrected chi connectivity index (χ3v) is 1.98. The fourth-order valence-electron chi connectivity index (χ4n) is 1.14. The maximum Gasteiger partial charge on any atom is 0.328 e. The van der Waals surface area contributed by atoms with Crippen molar-refractivity contribution in [3.8, 4) is 6.07 Å². The van der Waals surface area contributed by atoms with E-state index in [1.165, 1.54) is 10.9 Å². The van der Waals surface area contributed by atoms with Gasteiger partial charge in [0.15, 0.2) is 5.69 Å². The first-order valence-electron chi connectivity index (χ1n) is 4.50. The van der Waals surface area contributed by atoms with E-state index in [2.05, 4.69) is 4.98 Å². The van der Waals surface area contributed by atoms with Gasteiger partial charge < -0.3 is 15.0 Å². The summed E-state index contributed by atoms with van der Waals surface area (Å²) in [6.07, 6.45) is 1.36. The van der Waals surface area contributed by atoms with Crippen LogP contribution >= 0.6 is 0 Å². The fraction of sp³-hybridized carbons (Fsp3) is 0.444. The maximum atomic E-state index is 11.4. The lowest BCUT2D eigenvalue weighted by molar-refractivity contribution is -0.146. The summed E-state index contributed by atoms with van der Waals surface area (Å²) in [5.41, 5.74) is 5.74. The molecule has 1 heterocycles. The van der Waals surface area contributed by atoms with Crippen molar-refractivity contribution >= 4 is 11.8 Å². The smallest absolute Gasteiger partial charge is 0.328 e. The van der Waals surface area contributed by atoms with Crippen molar-refractivity contribution < 1.29 is 9.53 Å². The van der Waals surface area contributed by atoms with E-state index >= 15 is 0 Å². The Kier molecular flexibility index (Phi) is 3.29. The number of aromatic nitrogens is 2. The Morgan fingerprint density at radius 1 is 1.87 bits per heavy atom. The number of imidazole rings is 1. The van der Waals surface area contributed by atoms with E-state index in [-0.39, 0.29) is 11.5 Å². The van der Waals surface area contributed by atoms with Crippen molar-refractivity contribution in [2.45, 2.75) is 19.9 Å². The Labute approximate surface area is 87.3 Å². The van der Waals surface area contributed by atoms with Gasteiger partial charge in [0.2, 0.25) is 0 Å². The second kappa shape index (κ2) is 4.46. The molecule has 2 N–H and O–H groups in total. The van der Waals surface area contributed by atoms with E-state index < -0.39 is 12.0 Å². The van der Waals surface area contributed by atoms with Gasteiger partial charge >= 0.3 is 5.97 Å². The van der Waals surface area contributed by atoms with Crippen molar-refractivity contribution in [1.29, 1.82) is 5.26 Å². The molecule has 1 rings (SSSR count). The Morgan fingerprint density at radius 2 is 2.53 bits per heavy atom. The summed E-state index contributed by atoms with van der Waals surface area (Å²) >= 11 is 0. The van der Waals surface area contributed by atoms with Crippen LogP contribution in [0.4, 0.5) is 5.82 Å². The Bertz CT molecular complexity index is 405. The molecular formula is C9H12N4O2. The standard InChI is InChI=1S/C9H12N4O2/c1-3-15-9(14)6(2)13-5-12-7(4-10)8(13)11/h5-6H,3,11H2,1-2H3. The van der Waals surface area contributed by atoms with Gasteiger partial charge in [-0.05, 0) is 13.8 Å². The van der Waals surface area contributed by atoms with Crippen LogP contribution in [-0.2, 0) is 9.53 Å². The first-order chi connectivity index (χ1) is 7.11. The second-order valence-electron chi connectivity index (χ2n) is 2.93. The summed E-state index contributed by atoms with van der Waals surface area (Å²) in [6, 6.07) is 1.26. The molecule has 0 amide bonds. The molecule has 0 aliphatic heterocycles. The van der Waals surface area contributed by atoms with Crippen molar-refractivity contribution in [3.63, 3.8) is 0 Å². The minimum Gasteiger partial charge on any atom is -0.464 e. The van der Waals surface area contributed by atoms with E-state index in [1.54, 1.807) is 13.8 Å². The van der Waals surface area contributed by atoms with Gasteiger partial charge in [-0.2, -0.15) is 5.26 Å². The van der Waals surface area contributed by atoms with E-state index in [9.17, 15) is 4.79 Å². The van der Waals surface area contributed by atoms with Gasteiger partial charge in [-0.25, -0.2) is 9.78 Å². The molecule has 1 aromatic heterocycles. The van der Waals surface area contributed by atoms with Crippen LogP contribution in [0.25, 0.3) is 0 Å². The van der Waals surface area contributed by atoms with Crippen LogP contribution in [0.15, 0.2) is 6.33 Å². The van der Waals surface area contributed by atoms with Crippen LogP contribution in [0.5, 0.6) is 0 Å². The highest BCUT2D eigenvalue weighted by molar-refractivity contribution is 5.74. The number of nitrogens with two attached hydrogens (primary N) is 1. The lowest BCUT2D eigenvalue weighted by Crippen LogP contribution is -2.20. The highest BCUT2D eigenvalue weighted by atomic mass is 16.5. The molecule has 0 aliphatic rings. The number of anilines is 1. The predicted molar refractivity (Wildman–Crippen MR) is 52.7 cm³/mol. The van der Waals surface area contributed by atoms with Gasteiger partial charge in [0.1, 0.15) is 17.9 Å². The zero-order chi connectivity index (χ0) is 11.4. The summed E-state index contributed by atoms with van der Waals surface area (Å²) < 4.78 is 6.24. The average molecular weight is 208 g/mol. The zero-order valence-corrected chi connectivity index (χ0v) is 8.60. The van der Waals surface area contributed by atoms with Gasteiger partial charge in [0.25, 0.3) is 0 Å². The van der Waals surface area contributed by atoms with Crippen LogP contribution < -0.4 is 5.73 Å². The van der Waals surface area contributed by atoms with Crippen molar-refractivity contribution in [2.75, 3.05) is 12.3 Å². The monoisotopic (exact) mass is 208 g/mol. The highest BCUT2D eigenvalue weighted by Crippen LogP contribution is 2.16. The van der Waals surface area contributed by atoms with Crippen molar-refractivity contribution in [2.24, 2.45) is 0 Å². The minimum absolute atomic E-state index is 0.117. The summed E-state index contributed by atoms with van der Waals surface area (Å²) in [6.45, 7) is 3.67. The number of ether oxygens (including phenoxy) is 1. The quantitative estimate of drug-likeness (QED) is 0.728. The number of hydrogen-bond donors (Lipinski definition) is 1. The summed E-state index contributed by atoms with van der Waals surface area (Å²) in [7, 11) is 0. The third-order valence-electron chi connectivity index (χ3n) is 1.98. The zero-order valence-electron chi connectivity index (χ0n) is 8.60. The number of carbonyl (C=O) groups excluding carboxylic acids is 1. The number of nitrogen functional groups attached to an aromatic ring is 1. The number of esters is 1. The van der Waals surface area contributed by atoms with E-state index in [0.717, 1.165) is 0 Å². The molecule has 0 aromatic carbocycles. The lowest BCUT2D eigenvalue weighted by Gasteiger charge is -2.12. The number of nitriles is 1. The number of hydrogen-bond acceptors (Lipinski definition) is 5. The van der Waals surface area contributed by atoms with Crippen molar-refractivity contribution in [1.82, 2.24) is 9.55 Å². The molecule has 0 radical (unpaired) electrons. The first-order valence-corrected chi connectivity index (χ1v) is 4.50. The van der Waals surface area contributed by atoms with E-state index in [4.69, 9.17) is 15.7 Å². The van der Waals surface area contributed by atoms with Gasteiger partial charge in [0, 0.05) is 0 Å². The summed E-state index contributed by atoms with van der Waals surface area (Å²) in [5.74, 6) is -0.218. The Hall–Kier alpha value is -2.03. The van der Waals surface area contributed by atoms with Crippen LogP contribution in [-0.4, -0.2) is 22.1 Å². The molecular weight excluding hydrogens is 196 g/mol. The third kappa shape index (κ3) is 2.07. The van der Waals surface area contributed by atoms with Gasteiger partial charge in [-0.15, -0.1) is 0 Å². The second-order valence-corrected chi connectivity index (χ2v) is 2.93. The molecule has 0 spiro atoms.